The zero-order chi connectivity index (χ0) is 13.1. The van der Waals surface area contributed by atoms with E-state index in [9.17, 15) is 9.18 Å². The molecule has 5 heteroatoms. The molecule has 0 bridgehead atoms. The van der Waals surface area contributed by atoms with E-state index in [1.54, 1.807) is 31.2 Å². The van der Waals surface area contributed by atoms with E-state index in [4.69, 9.17) is 5.73 Å². The quantitative estimate of drug-likeness (QED) is 0.853. The Bertz CT molecular complexity index is 581. The lowest BCUT2D eigenvalue weighted by Crippen LogP contribution is -2.14. The van der Waals surface area contributed by atoms with Crippen molar-refractivity contribution in [3.8, 4) is 0 Å². The van der Waals surface area contributed by atoms with E-state index in [0.29, 0.717) is 17.1 Å². The molecule has 4 nitrogen and oxygen atoms in total. The van der Waals surface area contributed by atoms with Crippen LogP contribution in [0.3, 0.4) is 0 Å². The van der Waals surface area contributed by atoms with Gasteiger partial charge >= 0.3 is 0 Å². The number of aryl methyl sites for hydroxylation is 1. The number of hydrogen-bond acceptors (Lipinski definition) is 3. The van der Waals surface area contributed by atoms with Crippen LogP contribution in [0.4, 0.5) is 15.9 Å². The third-order valence-corrected chi connectivity index (χ3v) is 2.48. The first kappa shape index (κ1) is 12.0. The molecular weight excluding hydrogens is 233 g/mol. The van der Waals surface area contributed by atoms with E-state index in [-0.39, 0.29) is 5.56 Å². The third-order valence-electron chi connectivity index (χ3n) is 2.48. The van der Waals surface area contributed by atoms with Crippen LogP contribution in [0.5, 0.6) is 0 Å². The van der Waals surface area contributed by atoms with Gasteiger partial charge in [-0.15, -0.1) is 0 Å². The maximum absolute atomic E-state index is 13.7. The molecule has 2 aromatic rings. The molecule has 0 spiro atoms. The van der Waals surface area contributed by atoms with E-state index in [1.165, 1.54) is 12.3 Å². The molecule has 18 heavy (non-hydrogen) atoms. The molecule has 0 radical (unpaired) electrons. The van der Waals surface area contributed by atoms with E-state index in [1.807, 2.05) is 0 Å². The smallest absolute Gasteiger partial charge is 0.258 e. The number of nitrogen functional groups attached to an aromatic ring is 1. The summed E-state index contributed by atoms with van der Waals surface area (Å²) in [6, 6.07) is 7.84. The van der Waals surface area contributed by atoms with Crippen LogP contribution in [0, 0.1) is 12.7 Å². The number of carbonyl (C=O) groups is 1. The van der Waals surface area contributed by atoms with E-state index in [2.05, 4.69) is 10.3 Å². The van der Waals surface area contributed by atoms with Crippen molar-refractivity contribution in [3.63, 3.8) is 0 Å². The van der Waals surface area contributed by atoms with Crippen LogP contribution in [0.1, 0.15) is 15.9 Å². The molecule has 0 atom stereocenters. The second kappa shape index (κ2) is 4.83. The average Bonchev–Trinajstić information content (AvgIpc) is 2.35. The molecule has 0 aliphatic carbocycles. The summed E-state index contributed by atoms with van der Waals surface area (Å²) in [6.07, 6.45) is 1.42. The molecule has 1 aromatic carbocycles. The number of amides is 1. The molecule has 0 aliphatic heterocycles. The number of benzene rings is 1. The highest BCUT2D eigenvalue weighted by Gasteiger charge is 2.13. The fraction of sp³-hybridized carbons (Fsp3) is 0.0769. The Hall–Kier alpha value is -2.43. The highest BCUT2D eigenvalue weighted by Crippen LogP contribution is 2.14. The molecule has 0 saturated heterocycles. The minimum absolute atomic E-state index is 0.00632. The number of anilines is 2. The van der Waals surface area contributed by atoms with Crippen LogP contribution in [0.15, 0.2) is 36.5 Å². The van der Waals surface area contributed by atoms with Gasteiger partial charge in [0.25, 0.3) is 5.91 Å². The Balaban J connectivity index is 2.22. The SMILES string of the molecule is Cc1cccc(C(=O)Nc2ccc(N)nc2)c1F. The molecule has 2 rings (SSSR count). The summed E-state index contributed by atoms with van der Waals surface area (Å²) in [4.78, 5) is 15.7. The summed E-state index contributed by atoms with van der Waals surface area (Å²) >= 11 is 0. The van der Waals surface area contributed by atoms with Crippen molar-refractivity contribution in [2.75, 3.05) is 11.1 Å². The second-order valence-electron chi connectivity index (χ2n) is 3.86. The number of aromatic nitrogens is 1. The molecular formula is C13H12FN3O. The lowest BCUT2D eigenvalue weighted by atomic mass is 10.1. The van der Waals surface area contributed by atoms with Gasteiger partial charge in [-0.05, 0) is 30.7 Å². The monoisotopic (exact) mass is 245 g/mol. The Morgan fingerprint density at radius 1 is 1.33 bits per heavy atom. The predicted octanol–water partition coefficient (Wildman–Crippen LogP) is 2.36. The maximum Gasteiger partial charge on any atom is 0.258 e. The number of halogens is 1. The first-order valence-corrected chi connectivity index (χ1v) is 5.36. The lowest BCUT2D eigenvalue weighted by Gasteiger charge is -2.07. The van der Waals surface area contributed by atoms with Gasteiger partial charge in [-0.25, -0.2) is 9.37 Å². The molecule has 0 saturated carbocycles. The van der Waals surface area contributed by atoms with Crippen molar-refractivity contribution in [3.05, 3.63) is 53.5 Å². The van der Waals surface area contributed by atoms with Gasteiger partial charge in [-0.2, -0.15) is 0 Å². The number of pyridine rings is 1. The largest absolute Gasteiger partial charge is 0.384 e. The molecule has 1 aromatic heterocycles. The summed E-state index contributed by atoms with van der Waals surface area (Å²) in [6.45, 7) is 1.61. The number of nitrogens with one attached hydrogen (secondary N) is 1. The van der Waals surface area contributed by atoms with Gasteiger partial charge in [-0.1, -0.05) is 12.1 Å². The predicted molar refractivity (Wildman–Crippen MR) is 67.7 cm³/mol. The van der Waals surface area contributed by atoms with Crippen LogP contribution in [0.2, 0.25) is 0 Å². The molecule has 1 heterocycles. The number of rotatable bonds is 2. The van der Waals surface area contributed by atoms with E-state index < -0.39 is 11.7 Å². The number of hydrogen-bond donors (Lipinski definition) is 2. The average molecular weight is 245 g/mol. The Morgan fingerprint density at radius 3 is 2.78 bits per heavy atom. The van der Waals surface area contributed by atoms with Crippen molar-refractivity contribution in [1.82, 2.24) is 4.98 Å². The van der Waals surface area contributed by atoms with Crippen molar-refractivity contribution in [1.29, 1.82) is 0 Å². The van der Waals surface area contributed by atoms with Crippen LogP contribution >= 0.6 is 0 Å². The van der Waals surface area contributed by atoms with Crippen LogP contribution < -0.4 is 11.1 Å². The van der Waals surface area contributed by atoms with Gasteiger partial charge in [0.05, 0.1) is 17.4 Å². The summed E-state index contributed by atoms with van der Waals surface area (Å²) in [7, 11) is 0. The van der Waals surface area contributed by atoms with Gasteiger partial charge in [0, 0.05) is 0 Å². The van der Waals surface area contributed by atoms with E-state index >= 15 is 0 Å². The van der Waals surface area contributed by atoms with Crippen molar-refractivity contribution < 1.29 is 9.18 Å². The van der Waals surface area contributed by atoms with Gasteiger partial charge in [-0.3, -0.25) is 4.79 Å². The normalized spacial score (nSPS) is 10.1. The van der Waals surface area contributed by atoms with Crippen LogP contribution in [-0.4, -0.2) is 10.9 Å². The lowest BCUT2D eigenvalue weighted by molar-refractivity contribution is 0.102. The minimum Gasteiger partial charge on any atom is -0.384 e. The maximum atomic E-state index is 13.7. The summed E-state index contributed by atoms with van der Waals surface area (Å²) in [5.74, 6) is -0.670. The summed E-state index contributed by atoms with van der Waals surface area (Å²) < 4.78 is 13.7. The first-order chi connectivity index (χ1) is 8.58. The summed E-state index contributed by atoms with van der Waals surface area (Å²) in [5.41, 5.74) is 6.33. The molecule has 1 amide bonds. The molecule has 3 N–H and O–H groups in total. The Kier molecular flexibility index (Phi) is 3.23. The van der Waals surface area contributed by atoms with Crippen molar-refractivity contribution in [2.45, 2.75) is 6.92 Å². The summed E-state index contributed by atoms with van der Waals surface area (Å²) in [5, 5.41) is 2.56. The van der Waals surface area contributed by atoms with Gasteiger partial charge in [0.1, 0.15) is 11.6 Å². The zero-order valence-corrected chi connectivity index (χ0v) is 9.77. The molecule has 0 unspecified atom stereocenters. The highest BCUT2D eigenvalue weighted by molar-refractivity contribution is 6.04. The number of nitrogens with two attached hydrogens (primary N) is 1. The zero-order valence-electron chi connectivity index (χ0n) is 9.77. The third kappa shape index (κ3) is 2.45. The van der Waals surface area contributed by atoms with Crippen LogP contribution in [-0.2, 0) is 0 Å². The van der Waals surface area contributed by atoms with Gasteiger partial charge in [0.15, 0.2) is 0 Å². The van der Waals surface area contributed by atoms with Crippen LogP contribution in [0.25, 0.3) is 0 Å². The number of carbonyl (C=O) groups excluding carboxylic acids is 1. The Morgan fingerprint density at radius 2 is 2.11 bits per heavy atom. The molecule has 0 fully saturated rings. The van der Waals surface area contributed by atoms with Crippen molar-refractivity contribution in [2.24, 2.45) is 0 Å². The second-order valence-corrected chi connectivity index (χ2v) is 3.86. The molecule has 0 aliphatic rings. The van der Waals surface area contributed by atoms with Crippen molar-refractivity contribution >= 4 is 17.4 Å². The van der Waals surface area contributed by atoms with Gasteiger partial charge in [0.2, 0.25) is 0 Å². The van der Waals surface area contributed by atoms with E-state index in [0.717, 1.165) is 0 Å². The first-order valence-electron chi connectivity index (χ1n) is 5.36. The topological polar surface area (TPSA) is 68.0 Å². The Labute approximate surface area is 104 Å². The minimum atomic E-state index is -0.515. The molecule has 92 valence electrons. The number of nitrogens with zero attached hydrogens (tertiary/aromatic N) is 1. The highest BCUT2D eigenvalue weighted by atomic mass is 19.1. The van der Waals surface area contributed by atoms with Gasteiger partial charge < -0.3 is 11.1 Å². The standard InChI is InChI=1S/C13H12FN3O/c1-8-3-2-4-10(12(8)14)13(18)17-9-5-6-11(15)16-7-9/h2-7H,1H3,(H2,15,16)(H,17,18). The fourth-order valence-corrected chi connectivity index (χ4v) is 1.50. The fourth-order valence-electron chi connectivity index (χ4n) is 1.50.